The van der Waals surface area contributed by atoms with Crippen molar-refractivity contribution >= 4 is 29.2 Å². The number of carbonyl (C=O) groups is 1. The van der Waals surface area contributed by atoms with Crippen LogP contribution < -0.4 is 5.32 Å². The summed E-state index contributed by atoms with van der Waals surface area (Å²) in [7, 11) is 0. The van der Waals surface area contributed by atoms with Gasteiger partial charge in [0.1, 0.15) is 5.82 Å². The Kier molecular flexibility index (Phi) is 7.14. The van der Waals surface area contributed by atoms with Crippen LogP contribution in [0.3, 0.4) is 0 Å². The van der Waals surface area contributed by atoms with Gasteiger partial charge in [0.2, 0.25) is 0 Å². The SMILES string of the molecule is CCCNC(=O)N(Cc1nccn1Cc1ccc(Cl)cc1Cl)C(C)C. The number of carbonyl (C=O) groups excluding carboxylic acids is 1. The third-order valence-corrected chi connectivity index (χ3v) is 4.47. The molecule has 2 rings (SSSR count). The number of nitrogens with one attached hydrogen (secondary N) is 1. The topological polar surface area (TPSA) is 50.2 Å². The third kappa shape index (κ3) is 5.38. The predicted molar refractivity (Wildman–Crippen MR) is 102 cm³/mol. The molecule has 0 fully saturated rings. The minimum atomic E-state index is -0.0732. The molecule has 25 heavy (non-hydrogen) atoms. The number of aromatic nitrogens is 2. The Morgan fingerprint density at radius 3 is 2.76 bits per heavy atom. The van der Waals surface area contributed by atoms with E-state index in [4.69, 9.17) is 23.2 Å². The summed E-state index contributed by atoms with van der Waals surface area (Å²) < 4.78 is 2.00. The Morgan fingerprint density at radius 2 is 2.12 bits per heavy atom. The highest BCUT2D eigenvalue weighted by atomic mass is 35.5. The van der Waals surface area contributed by atoms with Gasteiger partial charge in [-0.3, -0.25) is 0 Å². The van der Waals surface area contributed by atoms with Crippen molar-refractivity contribution in [3.63, 3.8) is 0 Å². The smallest absolute Gasteiger partial charge is 0.318 e. The Balaban J connectivity index is 2.15. The summed E-state index contributed by atoms with van der Waals surface area (Å²) in [4.78, 5) is 18.6. The van der Waals surface area contributed by atoms with E-state index < -0.39 is 0 Å². The van der Waals surface area contributed by atoms with E-state index in [1.54, 1.807) is 17.2 Å². The highest BCUT2D eigenvalue weighted by Crippen LogP contribution is 2.22. The highest BCUT2D eigenvalue weighted by Gasteiger charge is 2.19. The van der Waals surface area contributed by atoms with Crippen molar-refractivity contribution in [1.29, 1.82) is 0 Å². The minimum Gasteiger partial charge on any atom is -0.338 e. The summed E-state index contributed by atoms with van der Waals surface area (Å²) >= 11 is 12.2. The average Bonchev–Trinajstić information content (AvgIpc) is 2.99. The van der Waals surface area contributed by atoms with Crippen molar-refractivity contribution in [2.45, 2.75) is 46.3 Å². The molecule has 0 atom stereocenters. The van der Waals surface area contributed by atoms with Gasteiger partial charge in [0, 0.05) is 35.0 Å². The summed E-state index contributed by atoms with van der Waals surface area (Å²) in [6, 6.07) is 5.45. The van der Waals surface area contributed by atoms with Gasteiger partial charge in [-0.05, 0) is 38.0 Å². The van der Waals surface area contributed by atoms with Gasteiger partial charge < -0.3 is 14.8 Å². The maximum Gasteiger partial charge on any atom is 0.318 e. The number of rotatable bonds is 7. The maximum atomic E-state index is 12.4. The van der Waals surface area contributed by atoms with Crippen LogP contribution in [0, 0.1) is 0 Å². The van der Waals surface area contributed by atoms with E-state index in [9.17, 15) is 4.79 Å². The molecule has 0 aliphatic rings. The van der Waals surface area contributed by atoms with Gasteiger partial charge in [0.15, 0.2) is 0 Å². The van der Waals surface area contributed by atoms with E-state index in [0.29, 0.717) is 29.7 Å². The van der Waals surface area contributed by atoms with Crippen LogP contribution in [-0.4, -0.2) is 33.1 Å². The van der Waals surface area contributed by atoms with Crippen molar-refractivity contribution in [2.75, 3.05) is 6.54 Å². The first-order valence-corrected chi connectivity index (χ1v) is 9.16. The van der Waals surface area contributed by atoms with Gasteiger partial charge >= 0.3 is 6.03 Å². The molecule has 1 heterocycles. The molecular formula is C18H24Cl2N4O. The predicted octanol–water partition coefficient (Wildman–Crippen LogP) is 4.57. The first-order valence-electron chi connectivity index (χ1n) is 8.40. The Bertz CT molecular complexity index is 715. The number of benzene rings is 1. The van der Waals surface area contributed by atoms with Crippen LogP contribution in [-0.2, 0) is 13.1 Å². The quantitative estimate of drug-likeness (QED) is 0.762. The molecule has 136 valence electrons. The van der Waals surface area contributed by atoms with Gasteiger partial charge in [0.05, 0.1) is 13.1 Å². The van der Waals surface area contributed by atoms with Gasteiger partial charge in [-0.25, -0.2) is 9.78 Å². The zero-order chi connectivity index (χ0) is 18.4. The molecule has 2 amide bonds. The molecule has 0 spiro atoms. The number of urea groups is 1. The lowest BCUT2D eigenvalue weighted by atomic mass is 10.2. The molecule has 2 aromatic rings. The van der Waals surface area contributed by atoms with Crippen LogP contribution in [0.1, 0.15) is 38.6 Å². The molecule has 5 nitrogen and oxygen atoms in total. The second-order valence-electron chi connectivity index (χ2n) is 6.16. The van der Waals surface area contributed by atoms with Crippen LogP contribution in [0.2, 0.25) is 10.0 Å². The molecule has 0 aliphatic heterocycles. The molecule has 1 N–H and O–H groups in total. The second kappa shape index (κ2) is 9.11. The van der Waals surface area contributed by atoms with Crippen LogP contribution in [0.15, 0.2) is 30.6 Å². The Labute approximate surface area is 158 Å². The van der Waals surface area contributed by atoms with Crippen molar-refractivity contribution in [2.24, 2.45) is 0 Å². The molecular weight excluding hydrogens is 359 g/mol. The summed E-state index contributed by atoms with van der Waals surface area (Å²) in [6.45, 7) is 7.70. The summed E-state index contributed by atoms with van der Waals surface area (Å²) in [5.74, 6) is 0.811. The van der Waals surface area contributed by atoms with Crippen LogP contribution >= 0.6 is 23.2 Å². The third-order valence-electron chi connectivity index (χ3n) is 3.88. The first-order chi connectivity index (χ1) is 11.9. The summed E-state index contributed by atoms with van der Waals surface area (Å²) in [6.07, 6.45) is 4.53. The molecule has 1 aromatic heterocycles. The monoisotopic (exact) mass is 382 g/mol. The molecule has 0 unspecified atom stereocenters. The molecule has 0 saturated heterocycles. The van der Waals surface area contributed by atoms with Crippen molar-refractivity contribution < 1.29 is 4.79 Å². The maximum absolute atomic E-state index is 12.4. The number of hydrogen-bond acceptors (Lipinski definition) is 2. The fraction of sp³-hybridized carbons (Fsp3) is 0.444. The molecule has 0 bridgehead atoms. The normalized spacial score (nSPS) is 11.0. The van der Waals surface area contributed by atoms with E-state index in [1.807, 2.05) is 43.7 Å². The first kappa shape index (κ1) is 19.6. The standard InChI is InChI=1S/C18H24Cl2N4O/c1-4-7-22-18(25)24(13(2)3)12-17-21-8-9-23(17)11-14-5-6-15(19)10-16(14)20/h5-6,8-10,13H,4,7,11-12H2,1-3H3,(H,22,25). The molecule has 0 aliphatic carbocycles. The van der Waals surface area contributed by atoms with Crippen molar-refractivity contribution in [1.82, 2.24) is 19.8 Å². The van der Waals surface area contributed by atoms with E-state index in [-0.39, 0.29) is 12.1 Å². The van der Waals surface area contributed by atoms with Gasteiger partial charge in [0.25, 0.3) is 0 Å². The van der Waals surface area contributed by atoms with E-state index in [1.165, 1.54) is 0 Å². The van der Waals surface area contributed by atoms with Crippen LogP contribution in [0.25, 0.3) is 0 Å². The average molecular weight is 383 g/mol. The lowest BCUT2D eigenvalue weighted by molar-refractivity contribution is 0.177. The van der Waals surface area contributed by atoms with E-state index >= 15 is 0 Å². The molecule has 0 saturated carbocycles. The van der Waals surface area contributed by atoms with Crippen molar-refractivity contribution in [3.05, 3.63) is 52.0 Å². The van der Waals surface area contributed by atoms with Gasteiger partial charge in [-0.2, -0.15) is 0 Å². The van der Waals surface area contributed by atoms with Gasteiger partial charge in [-0.15, -0.1) is 0 Å². The number of imidazole rings is 1. The zero-order valence-electron chi connectivity index (χ0n) is 14.8. The highest BCUT2D eigenvalue weighted by molar-refractivity contribution is 6.35. The van der Waals surface area contributed by atoms with E-state index in [0.717, 1.165) is 17.8 Å². The zero-order valence-corrected chi connectivity index (χ0v) is 16.3. The van der Waals surface area contributed by atoms with Gasteiger partial charge in [-0.1, -0.05) is 36.2 Å². The molecule has 7 heteroatoms. The summed E-state index contributed by atoms with van der Waals surface area (Å²) in [5, 5.41) is 4.15. The molecule has 0 radical (unpaired) electrons. The lowest BCUT2D eigenvalue weighted by Crippen LogP contribution is -2.44. The molecule has 1 aromatic carbocycles. The van der Waals surface area contributed by atoms with E-state index in [2.05, 4.69) is 10.3 Å². The fourth-order valence-electron chi connectivity index (χ4n) is 2.44. The Morgan fingerprint density at radius 1 is 1.36 bits per heavy atom. The minimum absolute atomic E-state index is 0.0705. The fourth-order valence-corrected chi connectivity index (χ4v) is 2.91. The largest absolute Gasteiger partial charge is 0.338 e. The number of hydrogen-bond donors (Lipinski definition) is 1. The van der Waals surface area contributed by atoms with Crippen LogP contribution in [0.4, 0.5) is 4.79 Å². The van der Waals surface area contributed by atoms with Crippen LogP contribution in [0.5, 0.6) is 0 Å². The second-order valence-corrected chi connectivity index (χ2v) is 7.00. The lowest BCUT2D eigenvalue weighted by Gasteiger charge is -2.27. The number of halogens is 2. The number of amides is 2. The Hall–Kier alpha value is -1.72. The van der Waals surface area contributed by atoms with Crippen molar-refractivity contribution in [3.8, 4) is 0 Å². The number of nitrogens with zero attached hydrogens (tertiary/aromatic N) is 3. The summed E-state index contributed by atoms with van der Waals surface area (Å²) in [5.41, 5.74) is 0.955.